The molecule has 0 aromatic carbocycles. The SMILES string of the molecule is c1ccn2ncc(CNCCNC3CC3)c2c1. The summed E-state index contributed by atoms with van der Waals surface area (Å²) >= 11 is 0. The van der Waals surface area contributed by atoms with E-state index in [2.05, 4.69) is 27.9 Å². The topological polar surface area (TPSA) is 41.4 Å². The summed E-state index contributed by atoms with van der Waals surface area (Å²) in [6.45, 7) is 2.96. The number of rotatable bonds is 6. The Kier molecular flexibility index (Phi) is 3.07. The molecule has 0 atom stereocenters. The highest BCUT2D eigenvalue weighted by Crippen LogP contribution is 2.17. The van der Waals surface area contributed by atoms with Crippen LogP contribution in [0, 0.1) is 0 Å². The van der Waals surface area contributed by atoms with Gasteiger partial charge in [0.25, 0.3) is 0 Å². The van der Waals surface area contributed by atoms with Crippen molar-refractivity contribution in [2.75, 3.05) is 13.1 Å². The van der Waals surface area contributed by atoms with Crippen molar-refractivity contribution < 1.29 is 0 Å². The minimum absolute atomic E-state index is 0.800. The van der Waals surface area contributed by atoms with E-state index in [4.69, 9.17) is 0 Å². The molecule has 1 aliphatic rings. The van der Waals surface area contributed by atoms with Gasteiger partial charge in [-0.1, -0.05) is 6.07 Å². The average Bonchev–Trinajstić information content (AvgIpc) is 3.09. The van der Waals surface area contributed by atoms with Crippen LogP contribution in [0.4, 0.5) is 0 Å². The molecule has 0 radical (unpaired) electrons. The van der Waals surface area contributed by atoms with Crippen LogP contribution in [0.1, 0.15) is 18.4 Å². The van der Waals surface area contributed by atoms with E-state index in [1.54, 1.807) is 0 Å². The van der Waals surface area contributed by atoms with Gasteiger partial charge in [0.15, 0.2) is 0 Å². The molecule has 4 heteroatoms. The van der Waals surface area contributed by atoms with Crippen molar-refractivity contribution in [1.29, 1.82) is 0 Å². The van der Waals surface area contributed by atoms with Crippen LogP contribution in [-0.4, -0.2) is 28.7 Å². The lowest BCUT2D eigenvalue weighted by atomic mass is 10.2. The van der Waals surface area contributed by atoms with Crippen molar-refractivity contribution in [3.05, 3.63) is 36.2 Å². The molecule has 90 valence electrons. The fourth-order valence-electron chi connectivity index (χ4n) is 2.00. The van der Waals surface area contributed by atoms with Crippen LogP contribution in [0.15, 0.2) is 30.6 Å². The highest BCUT2D eigenvalue weighted by Gasteiger charge is 2.19. The van der Waals surface area contributed by atoms with Crippen LogP contribution in [0.5, 0.6) is 0 Å². The molecule has 1 saturated carbocycles. The third-order valence-corrected chi connectivity index (χ3v) is 3.13. The Morgan fingerprint density at radius 3 is 3.12 bits per heavy atom. The van der Waals surface area contributed by atoms with Crippen LogP contribution in [0.2, 0.25) is 0 Å². The molecule has 0 saturated heterocycles. The van der Waals surface area contributed by atoms with Gasteiger partial charge in [-0.25, -0.2) is 4.52 Å². The largest absolute Gasteiger partial charge is 0.313 e. The number of nitrogens with zero attached hydrogens (tertiary/aromatic N) is 2. The molecular weight excluding hydrogens is 212 g/mol. The first-order valence-corrected chi connectivity index (χ1v) is 6.29. The van der Waals surface area contributed by atoms with Crippen LogP contribution < -0.4 is 10.6 Å². The predicted molar refractivity (Wildman–Crippen MR) is 67.9 cm³/mol. The molecule has 4 nitrogen and oxygen atoms in total. The third kappa shape index (κ3) is 2.65. The van der Waals surface area contributed by atoms with Gasteiger partial charge in [-0.05, 0) is 25.0 Å². The molecule has 0 unspecified atom stereocenters. The monoisotopic (exact) mass is 230 g/mol. The van der Waals surface area contributed by atoms with Crippen LogP contribution in [0.25, 0.3) is 5.52 Å². The van der Waals surface area contributed by atoms with E-state index in [-0.39, 0.29) is 0 Å². The smallest absolute Gasteiger partial charge is 0.0706 e. The first kappa shape index (κ1) is 10.7. The summed E-state index contributed by atoms with van der Waals surface area (Å²) in [5.41, 5.74) is 2.45. The van der Waals surface area contributed by atoms with Crippen LogP contribution >= 0.6 is 0 Å². The zero-order chi connectivity index (χ0) is 11.5. The summed E-state index contributed by atoms with van der Waals surface area (Å²) < 4.78 is 1.92. The molecule has 2 N–H and O–H groups in total. The van der Waals surface area contributed by atoms with E-state index in [1.807, 2.05) is 23.0 Å². The van der Waals surface area contributed by atoms with Crippen molar-refractivity contribution >= 4 is 5.52 Å². The molecule has 0 amide bonds. The van der Waals surface area contributed by atoms with Crippen molar-refractivity contribution in [2.45, 2.75) is 25.4 Å². The minimum Gasteiger partial charge on any atom is -0.313 e. The predicted octanol–water partition coefficient (Wildman–Crippen LogP) is 1.18. The van der Waals surface area contributed by atoms with E-state index in [1.165, 1.54) is 23.9 Å². The molecule has 1 aliphatic carbocycles. The summed E-state index contributed by atoms with van der Waals surface area (Å²) in [5, 5.41) is 11.3. The minimum atomic E-state index is 0.800. The maximum Gasteiger partial charge on any atom is 0.0706 e. The molecule has 2 aromatic heterocycles. The standard InChI is InChI=1S/C13H18N4/c1-2-8-17-13(3-1)11(10-16-17)9-14-6-7-15-12-4-5-12/h1-3,8,10,12,14-15H,4-7,9H2. The van der Waals surface area contributed by atoms with Gasteiger partial charge in [0.2, 0.25) is 0 Å². The molecule has 3 rings (SSSR count). The molecule has 17 heavy (non-hydrogen) atoms. The van der Waals surface area contributed by atoms with Gasteiger partial charge >= 0.3 is 0 Å². The summed E-state index contributed by atoms with van der Waals surface area (Å²) in [6.07, 6.45) is 6.63. The molecule has 1 fully saturated rings. The first-order valence-electron chi connectivity index (χ1n) is 6.29. The number of nitrogens with one attached hydrogen (secondary N) is 2. The number of fused-ring (bicyclic) bond motifs is 1. The van der Waals surface area contributed by atoms with E-state index in [0.717, 1.165) is 25.7 Å². The third-order valence-electron chi connectivity index (χ3n) is 3.13. The van der Waals surface area contributed by atoms with Crippen molar-refractivity contribution in [2.24, 2.45) is 0 Å². The molecule has 0 bridgehead atoms. The second-order valence-electron chi connectivity index (χ2n) is 4.61. The molecule has 2 heterocycles. The van der Waals surface area contributed by atoms with Gasteiger partial charge in [0.05, 0.1) is 11.7 Å². The Hall–Kier alpha value is -1.39. The number of aromatic nitrogens is 2. The fraction of sp³-hybridized carbons (Fsp3) is 0.462. The molecule has 2 aromatic rings. The van der Waals surface area contributed by atoms with E-state index in [0.29, 0.717) is 0 Å². The van der Waals surface area contributed by atoms with Gasteiger partial charge < -0.3 is 10.6 Å². The number of hydrogen-bond acceptors (Lipinski definition) is 3. The Labute approximate surface area is 101 Å². The Bertz CT molecular complexity index is 487. The Balaban J connectivity index is 1.50. The fourth-order valence-corrected chi connectivity index (χ4v) is 2.00. The average molecular weight is 230 g/mol. The van der Waals surface area contributed by atoms with Crippen molar-refractivity contribution in [1.82, 2.24) is 20.2 Å². The first-order chi connectivity index (χ1) is 8.43. The Morgan fingerprint density at radius 1 is 1.29 bits per heavy atom. The highest BCUT2D eigenvalue weighted by atomic mass is 15.2. The number of pyridine rings is 1. The lowest BCUT2D eigenvalue weighted by Gasteiger charge is -2.04. The quantitative estimate of drug-likeness (QED) is 0.732. The van der Waals surface area contributed by atoms with Crippen LogP contribution in [-0.2, 0) is 6.54 Å². The molecule has 0 aliphatic heterocycles. The lowest BCUT2D eigenvalue weighted by Crippen LogP contribution is -2.28. The Morgan fingerprint density at radius 2 is 2.24 bits per heavy atom. The van der Waals surface area contributed by atoms with Gasteiger partial charge in [-0.3, -0.25) is 0 Å². The number of hydrogen-bond donors (Lipinski definition) is 2. The molecular formula is C13H18N4. The van der Waals surface area contributed by atoms with Crippen molar-refractivity contribution in [3.8, 4) is 0 Å². The molecule has 0 spiro atoms. The zero-order valence-electron chi connectivity index (χ0n) is 9.89. The maximum absolute atomic E-state index is 4.32. The van der Waals surface area contributed by atoms with Crippen LogP contribution in [0.3, 0.4) is 0 Å². The summed E-state index contributed by atoms with van der Waals surface area (Å²) in [7, 11) is 0. The maximum atomic E-state index is 4.32. The highest BCUT2D eigenvalue weighted by molar-refractivity contribution is 5.53. The summed E-state index contributed by atoms with van der Waals surface area (Å²) in [6, 6.07) is 6.95. The summed E-state index contributed by atoms with van der Waals surface area (Å²) in [4.78, 5) is 0. The second kappa shape index (κ2) is 4.85. The van der Waals surface area contributed by atoms with Crippen molar-refractivity contribution in [3.63, 3.8) is 0 Å². The second-order valence-corrected chi connectivity index (χ2v) is 4.61. The van der Waals surface area contributed by atoms with E-state index in [9.17, 15) is 0 Å². The van der Waals surface area contributed by atoms with Gasteiger partial charge in [0.1, 0.15) is 0 Å². The van der Waals surface area contributed by atoms with Gasteiger partial charge in [-0.2, -0.15) is 5.10 Å². The normalized spacial score (nSPS) is 15.5. The zero-order valence-corrected chi connectivity index (χ0v) is 9.89. The van der Waals surface area contributed by atoms with Gasteiger partial charge in [-0.15, -0.1) is 0 Å². The summed E-state index contributed by atoms with van der Waals surface area (Å²) in [5.74, 6) is 0. The van der Waals surface area contributed by atoms with E-state index < -0.39 is 0 Å². The lowest BCUT2D eigenvalue weighted by molar-refractivity contribution is 0.610. The van der Waals surface area contributed by atoms with E-state index >= 15 is 0 Å². The van der Waals surface area contributed by atoms with Gasteiger partial charge in [0, 0.05) is 37.4 Å².